The van der Waals surface area contributed by atoms with E-state index >= 15 is 0 Å². The molecule has 14 heavy (non-hydrogen) atoms. The van der Waals surface area contributed by atoms with Crippen LogP contribution in [0.4, 0.5) is 0 Å². The summed E-state index contributed by atoms with van der Waals surface area (Å²) in [4.78, 5) is 2.65. The van der Waals surface area contributed by atoms with E-state index in [9.17, 15) is 0 Å². The van der Waals surface area contributed by atoms with Crippen LogP contribution in [0.5, 0.6) is 0 Å². The van der Waals surface area contributed by atoms with Crippen LogP contribution in [-0.4, -0.2) is 6.54 Å². The normalized spacial score (nSPS) is 10.1. The molecule has 0 fully saturated rings. The number of alkyl halides is 1. The summed E-state index contributed by atoms with van der Waals surface area (Å²) < 4.78 is 0. The Kier molecular flexibility index (Phi) is 4.62. The average molecular weight is 208 g/mol. The third-order valence-electron chi connectivity index (χ3n) is 1.69. The molecule has 0 radical (unpaired) electrons. The van der Waals surface area contributed by atoms with Gasteiger partial charge in [-0.1, -0.05) is 41.5 Å². The maximum atomic E-state index is 8.04. The highest BCUT2D eigenvalue weighted by Crippen LogP contribution is 2.07. The zero-order chi connectivity index (χ0) is 10.2. The monoisotopic (exact) mass is 207 g/mol. The third kappa shape index (κ3) is 3.52. The van der Waals surface area contributed by atoms with Crippen molar-refractivity contribution in [3.63, 3.8) is 0 Å². The van der Waals surface area contributed by atoms with Crippen LogP contribution in [0.1, 0.15) is 11.1 Å². The molecule has 0 aliphatic carbocycles. The van der Waals surface area contributed by atoms with Crippen molar-refractivity contribution in [1.29, 1.82) is 0 Å². The number of hydrogen-bond acceptors (Lipinski definition) is 1. The van der Waals surface area contributed by atoms with Crippen molar-refractivity contribution in [3.8, 4) is 0 Å². The van der Waals surface area contributed by atoms with E-state index in [1.54, 1.807) is 0 Å². The van der Waals surface area contributed by atoms with Crippen LogP contribution in [0.2, 0.25) is 0 Å². The summed E-state index contributed by atoms with van der Waals surface area (Å²) in [6.45, 7) is 0.383. The van der Waals surface area contributed by atoms with Gasteiger partial charge in [-0.25, -0.2) is 0 Å². The van der Waals surface area contributed by atoms with Crippen molar-refractivity contribution in [3.05, 3.63) is 51.9 Å². The van der Waals surface area contributed by atoms with Crippen LogP contribution in [0.25, 0.3) is 16.5 Å². The summed E-state index contributed by atoms with van der Waals surface area (Å²) in [5.41, 5.74) is 10.2. The quantitative estimate of drug-likeness (QED) is 0.313. The van der Waals surface area contributed by atoms with E-state index in [-0.39, 0.29) is 0 Å². The predicted molar refractivity (Wildman–Crippen MR) is 59.0 cm³/mol. The highest BCUT2D eigenvalue weighted by molar-refractivity contribution is 6.17. The summed E-state index contributed by atoms with van der Waals surface area (Å²) in [5, 5.41) is 3.39. The smallest absolute Gasteiger partial charge is 0.0474 e. The molecule has 0 saturated heterocycles. The molecule has 0 aromatic heterocycles. The van der Waals surface area contributed by atoms with Gasteiger partial charge in [-0.05, 0) is 16.7 Å². The highest BCUT2D eigenvalue weighted by Gasteiger charge is 1.88. The first-order valence-electron chi connectivity index (χ1n) is 4.19. The number of rotatable bonds is 4. The fraction of sp³-hybridized carbons (Fsp3) is 0.200. The Bertz CT molecular complexity index is 350. The Morgan fingerprint density at radius 2 is 2.07 bits per heavy atom. The topological polar surface area (TPSA) is 48.8 Å². The van der Waals surface area contributed by atoms with Crippen LogP contribution < -0.4 is 0 Å². The maximum absolute atomic E-state index is 8.04. The van der Waals surface area contributed by atoms with Gasteiger partial charge in [-0.15, -0.1) is 11.6 Å². The highest BCUT2D eigenvalue weighted by atomic mass is 35.5. The first kappa shape index (κ1) is 10.6. The van der Waals surface area contributed by atoms with E-state index in [0.29, 0.717) is 12.4 Å². The van der Waals surface area contributed by atoms with E-state index in [2.05, 4.69) is 10.0 Å². The van der Waals surface area contributed by atoms with E-state index in [1.165, 1.54) is 0 Å². The van der Waals surface area contributed by atoms with Crippen molar-refractivity contribution >= 4 is 17.7 Å². The lowest BCUT2D eigenvalue weighted by atomic mass is 10.1. The Morgan fingerprint density at radius 1 is 1.36 bits per heavy atom. The molecule has 4 heteroatoms. The Hall–Kier alpha value is -1.44. The van der Waals surface area contributed by atoms with Crippen molar-refractivity contribution in [2.24, 2.45) is 5.11 Å². The molecule has 0 N–H and O–H groups in total. The van der Waals surface area contributed by atoms with E-state index in [0.717, 1.165) is 11.1 Å². The van der Waals surface area contributed by atoms with Gasteiger partial charge in [0, 0.05) is 17.3 Å². The number of hydrogen-bond donors (Lipinski definition) is 0. The minimum absolute atomic E-state index is 0.383. The van der Waals surface area contributed by atoms with Crippen LogP contribution in [0, 0.1) is 0 Å². The SMILES string of the molecule is [N-]=[N+]=NCC=Cc1ccc(CCl)cc1. The van der Waals surface area contributed by atoms with Gasteiger partial charge in [0.2, 0.25) is 0 Å². The molecule has 0 atom stereocenters. The fourth-order valence-electron chi connectivity index (χ4n) is 0.990. The first-order chi connectivity index (χ1) is 6.86. The lowest BCUT2D eigenvalue weighted by molar-refractivity contribution is 1.22. The average Bonchev–Trinajstić information content (AvgIpc) is 2.25. The van der Waals surface area contributed by atoms with Gasteiger partial charge in [0.05, 0.1) is 0 Å². The molecule has 1 aromatic carbocycles. The molecule has 0 spiro atoms. The van der Waals surface area contributed by atoms with Crippen molar-refractivity contribution in [1.82, 2.24) is 0 Å². The lowest BCUT2D eigenvalue weighted by Gasteiger charge is -1.95. The third-order valence-corrected chi connectivity index (χ3v) is 2.00. The van der Waals surface area contributed by atoms with Gasteiger partial charge in [-0.2, -0.15) is 0 Å². The maximum Gasteiger partial charge on any atom is 0.0474 e. The molecule has 0 unspecified atom stereocenters. The van der Waals surface area contributed by atoms with Gasteiger partial charge in [0.15, 0.2) is 0 Å². The summed E-state index contributed by atoms with van der Waals surface area (Å²) in [6.07, 6.45) is 3.72. The zero-order valence-electron chi connectivity index (χ0n) is 7.60. The zero-order valence-corrected chi connectivity index (χ0v) is 8.35. The van der Waals surface area contributed by atoms with Crippen LogP contribution in [0.3, 0.4) is 0 Å². The molecule has 0 amide bonds. The molecule has 0 aliphatic rings. The molecule has 1 rings (SSSR count). The molecule has 0 saturated carbocycles. The minimum Gasteiger partial charge on any atom is -0.122 e. The van der Waals surface area contributed by atoms with Crippen molar-refractivity contribution < 1.29 is 0 Å². The second kappa shape index (κ2) is 6.08. The second-order valence-corrected chi connectivity index (χ2v) is 2.96. The summed E-state index contributed by atoms with van der Waals surface area (Å²) in [7, 11) is 0. The Balaban J connectivity index is 2.59. The van der Waals surface area contributed by atoms with Gasteiger partial charge < -0.3 is 0 Å². The summed E-state index contributed by atoms with van der Waals surface area (Å²) in [6, 6.07) is 7.90. The lowest BCUT2D eigenvalue weighted by Crippen LogP contribution is -1.77. The van der Waals surface area contributed by atoms with E-state index in [1.807, 2.05) is 36.4 Å². The molecule has 0 aliphatic heterocycles. The predicted octanol–water partition coefficient (Wildman–Crippen LogP) is 3.75. The number of azide groups is 1. The Labute approximate surface area is 87.6 Å². The molecule has 72 valence electrons. The number of nitrogens with zero attached hydrogens (tertiary/aromatic N) is 3. The van der Waals surface area contributed by atoms with Crippen molar-refractivity contribution in [2.45, 2.75) is 5.88 Å². The molecule has 3 nitrogen and oxygen atoms in total. The van der Waals surface area contributed by atoms with Gasteiger partial charge in [0.25, 0.3) is 0 Å². The minimum atomic E-state index is 0.383. The molecular formula is C10H10ClN3. The molecular weight excluding hydrogens is 198 g/mol. The Morgan fingerprint density at radius 3 is 2.64 bits per heavy atom. The van der Waals surface area contributed by atoms with E-state index < -0.39 is 0 Å². The van der Waals surface area contributed by atoms with Crippen molar-refractivity contribution in [2.75, 3.05) is 6.54 Å². The standard InChI is InChI=1S/C10H10ClN3/c11-8-10-5-3-9(4-6-10)2-1-7-13-14-12/h1-6H,7-8H2. The van der Waals surface area contributed by atoms with Crippen LogP contribution in [0.15, 0.2) is 35.5 Å². The fourth-order valence-corrected chi connectivity index (χ4v) is 1.17. The van der Waals surface area contributed by atoms with Gasteiger partial charge in [0.1, 0.15) is 0 Å². The van der Waals surface area contributed by atoms with Crippen LogP contribution >= 0.6 is 11.6 Å². The number of halogens is 1. The molecule has 0 heterocycles. The second-order valence-electron chi connectivity index (χ2n) is 2.69. The molecule has 1 aromatic rings. The van der Waals surface area contributed by atoms with E-state index in [4.69, 9.17) is 17.1 Å². The first-order valence-corrected chi connectivity index (χ1v) is 4.72. The summed E-state index contributed by atoms with van der Waals surface area (Å²) >= 11 is 5.65. The largest absolute Gasteiger partial charge is 0.122 e. The number of benzene rings is 1. The van der Waals surface area contributed by atoms with Gasteiger partial charge >= 0.3 is 0 Å². The summed E-state index contributed by atoms with van der Waals surface area (Å²) in [5.74, 6) is 0.530. The van der Waals surface area contributed by atoms with Crippen LogP contribution in [-0.2, 0) is 5.88 Å². The van der Waals surface area contributed by atoms with Gasteiger partial charge in [-0.3, -0.25) is 0 Å². The molecule has 0 bridgehead atoms.